The van der Waals surface area contributed by atoms with E-state index in [2.05, 4.69) is 10.6 Å². The number of alkyl carbamates (subject to hydrolysis) is 1. The molecule has 5 N–H and O–H groups in total. The lowest BCUT2D eigenvalue weighted by molar-refractivity contribution is -0.315. The Hall–Kier alpha value is -3.26. The maximum Gasteiger partial charge on any atom is 0.408 e. The number of hydrogen-bond acceptors (Lipinski definition) is 10. The third-order valence-corrected chi connectivity index (χ3v) is 6.84. The fourth-order valence-corrected chi connectivity index (χ4v) is 4.61. The van der Waals surface area contributed by atoms with E-state index in [4.69, 9.17) is 30.5 Å². The molecule has 0 spiro atoms. The summed E-state index contributed by atoms with van der Waals surface area (Å²) in [5.74, 6) is -3.66. The van der Waals surface area contributed by atoms with Crippen molar-refractivity contribution in [3.63, 3.8) is 0 Å². The zero-order chi connectivity index (χ0) is 31.8. The zero-order valence-corrected chi connectivity index (χ0v) is 25.2. The maximum absolute atomic E-state index is 13.0. The van der Waals surface area contributed by atoms with Crippen molar-refractivity contribution in [2.75, 3.05) is 13.7 Å². The first-order valence-corrected chi connectivity index (χ1v) is 14.1. The van der Waals surface area contributed by atoms with E-state index in [1.165, 1.54) is 0 Å². The van der Waals surface area contributed by atoms with Gasteiger partial charge in [-0.15, -0.1) is 0 Å². The average Bonchev–Trinajstić information content (AvgIpc) is 2.96. The largest absolute Gasteiger partial charge is 0.465 e. The topological polar surface area (TPSA) is 173 Å². The Morgan fingerprint density at radius 3 is 2.33 bits per heavy atom. The Kier molecular flexibility index (Phi) is 11.9. The summed E-state index contributed by atoms with van der Waals surface area (Å²) in [5.41, 5.74) is 0.468. The second-order valence-corrected chi connectivity index (χ2v) is 11.6. The molecule has 0 radical (unpaired) electrons. The Morgan fingerprint density at radius 1 is 1.07 bits per heavy atom. The van der Waals surface area contributed by atoms with Crippen LogP contribution in [0.25, 0.3) is 0 Å². The number of nitrogens with one attached hydrogen (secondary N) is 2. The first-order chi connectivity index (χ1) is 20.2. The Bertz CT molecular complexity index is 1220. The Balaban J connectivity index is 1.81. The number of carbonyl (C=O) groups is 3. The predicted octanol–water partition coefficient (Wildman–Crippen LogP) is 1.85. The number of hydrogen-bond donors (Lipinski definition) is 5. The van der Waals surface area contributed by atoms with Crippen LogP contribution < -0.4 is 10.6 Å². The predicted molar refractivity (Wildman–Crippen MR) is 155 cm³/mol. The number of carbonyl (C=O) groups excluding carboxylic acids is 3. The van der Waals surface area contributed by atoms with Gasteiger partial charge in [0.1, 0.15) is 17.8 Å². The standard InChI is InChI=1S/C30H39ClN2O10/c1-29(2,3)43-28(39)33-24-21(34)15-30(27(38)40-4,41-17-19-8-6-5-7-9-19)42-26(24)25(37)22(35)16-32-23(36)14-18-10-12-20(31)13-11-18/h5-13,21-22,24-26,34-35,37H,14-17H2,1-4H3,(H,32,36)(H,33,39)/t21-,22+,24+,25+,26+,30+/m0/s1. The van der Waals surface area contributed by atoms with Gasteiger partial charge in [0, 0.05) is 18.0 Å². The van der Waals surface area contributed by atoms with E-state index in [-0.39, 0.29) is 13.0 Å². The quantitative estimate of drug-likeness (QED) is 0.233. The molecule has 1 aliphatic rings. The van der Waals surface area contributed by atoms with Crippen molar-refractivity contribution in [2.45, 2.75) is 82.1 Å². The SMILES string of the molecule is COC(=O)[C@@]1(OCc2ccccc2)C[C@H](O)[C@@H](NC(=O)OC(C)(C)C)[C@H]([C@H](O)[C@H](O)CNC(=O)Cc2ccc(Cl)cc2)O1. The van der Waals surface area contributed by atoms with Gasteiger partial charge in [-0.1, -0.05) is 54.1 Å². The number of aliphatic hydroxyl groups is 3. The highest BCUT2D eigenvalue weighted by Crippen LogP contribution is 2.35. The number of methoxy groups -OCH3 is 1. The zero-order valence-electron chi connectivity index (χ0n) is 24.5. The highest BCUT2D eigenvalue weighted by molar-refractivity contribution is 6.30. The molecular formula is C30H39ClN2O10. The van der Waals surface area contributed by atoms with Crippen molar-refractivity contribution in [1.29, 1.82) is 0 Å². The molecule has 6 atom stereocenters. The smallest absolute Gasteiger partial charge is 0.408 e. The molecule has 0 aliphatic carbocycles. The van der Waals surface area contributed by atoms with Crippen molar-refractivity contribution >= 4 is 29.6 Å². The molecule has 2 aromatic rings. The molecule has 2 amide bonds. The van der Waals surface area contributed by atoms with Crippen LogP contribution in [0.5, 0.6) is 0 Å². The second-order valence-electron chi connectivity index (χ2n) is 11.2. The van der Waals surface area contributed by atoms with Crippen LogP contribution in [-0.4, -0.2) is 88.8 Å². The molecule has 1 aliphatic heterocycles. The number of ether oxygens (including phenoxy) is 4. The van der Waals surface area contributed by atoms with Crippen LogP contribution >= 0.6 is 11.6 Å². The molecule has 2 aromatic carbocycles. The van der Waals surface area contributed by atoms with E-state index >= 15 is 0 Å². The molecule has 0 bridgehead atoms. The third-order valence-electron chi connectivity index (χ3n) is 6.58. The molecule has 1 saturated heterocycles. The van der Waals surface area contributed by atoms with Gasteiger partial charge >= 0.3 is 12.1 Å². The van der Waals surface area contributed by atoms with Crippen LogP contribution in [0, 0.1) is 0 Å². The van der Waals surface area contributed by atoms with E-state index in [1.807, 2.05) is 0 Å². The van der Waals surface area contributed by atoms with Crippen LogP contribution in [0.4, 0.5) is 4.79 Å². The number of aliphatic hydroxyl groups excluding tert-OH is 3. The molecule has 12 nitrogen and oxygen atoms in total. The molecule has 1 heterocycles. The van der Waals surface area contributed by atoms with Gasteiger partial charge in [0.25, 0.3) is 5.79 Å². The maximum atomic E-state index is 13.0. The normalized spacial score (nSPS) is 23.5. The molecule has 1 fully saturated rings. The van der Waals surface area contributed by atoms with Crippen molar-refractivity contribution < 1.29 is 48.7 Å². The summed E-state index contributed by atoms with van der Waals surface area (Å²) in [6.07, 6.45) is -8.06. The highest BCUT2D eigenvalue weighted by Gasteiger charge is 2.56. The summed E-state index contributed by atoms with van der Waals surface area (Å²) in [4.78, 5) is 38.1. The van der Waals surface area contributed by atoms with Crippen molar-refractivity contribution in [1.82, 2.24) is 10.6 Å². The van der Waals surface area contributed by atoms with Crippen LogP contribution in [0.1, 0.15) is 38.3 Å². The number of halogens is 1. The van der Waals surface area contributed by atoms with Gasteiger partial charge in [-0.25, -0.2) is 9.59 Å². The van der Waals surface area contributed by atoms with Gasteiger partial charge in [-0.05, 0) is 44.0 Å². The van der Waals surface area contributed by atoms with Crippen LogP contribution in [0.15, 0.2) is 54.6 Å². The fraction of sp³-hybridized carbons (Fsp3) is 0.500. The lowest BCUT2D eigenvalue weighted by atomic mass is 9.88. The van der Waals surface area contributed by atoms with E-state index in [9.17, 15) is 29.7 Å². The Morgan fingerprint density at radius 2 is 1.72 bits per heavy atom. The van der Waals surface area contributed by atoms with Gasteiger partial charge in [-0.3, -0.25) is 4.79 Å². The summed E-state index contributed by atoms with van der Waals surface area (Å²) in [6.45, 7) is 4.38. The number of rotatable bonds is 11. The van der Waals surface area contributed by atoms with E-state index in [1.54, 1.807) is 75.4 Å². The molecular weight excluding hydrogens is 584 g/mol. The summed E-state index contributed by atoms with van der Waals surface area (Å²) in [5, 5.41) is 38.8. The van der Waals surface area contributed by atoms with E-state index in [0.29, 0.717) is 16.1 Å². The van der Waals surface area contributed by atoms with Gasteiger partial charge in [0.2, 0.25) is 5.91 Å². The fourth-order valence-electron chi connectivity index (χ4n) is 4.49. The monoisotopic (exact) mass is 622 g/mol. The summed E-state index contributed by atoms with van der Waals surface area (Å²) in [6, 6.07) is 14.1. The second kappa shape index (κ2) is 15.0. The lowest BCUT2D eigenvalue weighted by Gasteiger charge is -2.47. The third kappa shape index (κ3) is 9.88. The Labute approximate surface area is 255 Å². The number of benzene rings is 2. The van der Waals surface area contributed by atoms with Crippen LogP contribution in [0.2, 0.25) is 5.02 Å². The number of esters is 1. The lowest BCUT2D eigenvalue weighted by Crippen LogP contribution is -2.68. The van der Waals surface area contributed by atoms with Gasteiger partial charge < -0.3 is 44.9 Å². The average molecular weight is 623 g/mol. The molecule has 0 aromatic heterocycles. The molecule has 3 rings (SSSR count). The van der Waals surface area contributed by atoms with Crippen LogP contribution in [0.3, 0.4) is 0 Å². The molecule has 13 heteroatoms. The van der Waals surface area contributed by atoms with Crippen molar-refractivity contribution in [2.24, 2.45) is 0 Å². The minimum absolute atomic E-state index is 0.0137. The first kappa shape index (κ1) is 34.2. The minimum Gasteiger partial charge on any atom is -0.465 e. The summed E-state index contributed by atoms with van der Waals surface area (Å²) in [7, 11) is 1.10. The number of amides is 2. The van der Waals surface area contributed by atoms with Gasteiger partial charge in [-0.2, -0.15) is 0 Å². The molecule has 236 valence electrons. The molecule has 0 saturated carbocycles. The van der Waals surface area contributed by atoms with Crippen molar-refractivity contribution in [3.05, 3.63) is 70.7 Å². The van der Waals surface area contributed by atoms with Crippen molar-refractivity contribution in [3.8, 4) is 0 Å². The minimum atomic E-state index is -2.21. The van der Waals surface area contributed by atoms with Crippen LogP contribution in [-0.2, 0) is 41.6 Å². The first-order valence-electron chi connectivity index (χ1n) is 13.7. The highest BCUT2D eigenvalue weighted by atomic mass is 35.5. The van der Waals surface area contributed by atoms with Gasteiger partial charge in [0.15, 0.2) is 0 Å². The van der Waals surface area contributed by atoms with Gasteiger partial charge in [0.05, 0.1) is 38.4 Å². The molecule has 0 unspecified atom stereocenters. The van der Waals surface area contributed by atoms with E-state index < -0.39 is 72.8 Å². The summed E-state index contributed by atoms with van der Waals surface area (Å²) < 4.78 is 22.1. The molecule has 43 heavy (non-hydrogen) atoms. The van der Waals surface area contributed by atoms with E-state index in [0.717, 1.165) is 7.11 Å². The summed E-state index contributed by atoms with van der Waals surface area (Å²) >= 11 is 5.88.